The normalized spacial score (nSPS) is 13.5. The molecule has 2 aromatic carbocycles. The summed E-state index contributed by atoms with van der Waals surface area (Å²) in [6, 6.07) is 17.0. The van der Waals surface area contributed by atoms with Crippen molar-refractivity contribution < 1.29 is 13.6 Å². The molecule has 2 aromatic rings. The molecule has 188 valence electrons. The number of ether oxygens (including phenoxy) is 1. The molecule has 0 bridgehead atoms. The van der Waals surface area contributed by atoms with Crippen molar-refractivity contribution in [2.24, 2.45) is 0 Å². The van der Waals surface area contributed by atoms with Crippen molar-refractivity contribution in [3.63, 3.8) is 0 Å². The molecule has 0 heterocycles. The molecular formula is C29H46O3Si2. The minimum atomic E-state index is -1.75. The first-order valence-electron chi connectivity index (χ1n) is 12.3. The van der Waals surface area contributed by atoms with Gasteiger partial charge in [0.2, 0.25) is 0 Å². The van der Waals surface area contributed by atoms with Crippen molar-refractivity contribution in [1.29, 1.82) is 0 Å². The highest BCUT2D eigenvalue weighted by atomic mass is 28.4. The van der Waals surface area contributed by atoms with Crippen molar-refractivity contribution in [3.05, 3.63) is 77.0 Å². The topological polar surface area (TPSA) is 27.7 Å². The second kappa shape index (κ2) is 11.4. The van der Waals surface area contributed by atoms with Crippen LogP contribution in [0.25, 0.3) is 6.08 Å². The number of rotatable bonds is 10. The van der Waals surface area contributed by atoms with Crippen LogP contribution in [-0.4, -0.2) is 16.6 Å². The Morgan fingerprint density at radius 1 is 0.647 bits per heavy atom. The standard InChI is InChI=1S/C29H46O3Si2/c1-28(2,3)33(7,8)31-22-26-16-14-25(15-17-26)21-30-19-18-24-12-11-13-27(20-24)23-32-34(9,10)29(4,5)6/h11-20H,21-23H2,1-10H3. The van der Waals surface area contributed by atoms with Crippen molar-refractivity contribution in [2.75, 3.05) is 0 Å². The Morgan fingerprint density at radius 2 is 1.12 bits per heavy atom. The van der Waals surface area contributed by atoms with Gasteiger partial charge >= 0.3 is 0 Å². The molecular weight excluding hydrogens is 452 g/mol. The molecule has 0 N–H and O–H groups in total. The Hall–Kier alpha value is -1.67. The van der Waals surface area contributed by atoms with Crippen molar-refractivity contribution in [1.82, 2.24) is 0 Å². The summed E-state index contributed by atoms with van der Waals surface area (Å²) in [5.74, 6) is 0. The SMILES string of the molecule is CC(C)(C)[Si](C)(C)OCc1ccc(COC=Cc2cccc(CO[Si](C)(C)C(C)(C)C)c2)cc1. The van der Waals surface area contributed by atoms with Crippen LogP contribution in [0, 0.1) is 0 Å². The van der Waals surface area contributed by atoms with E-state index in [0.717, 1.165) is 11.1 Å². The first-order chi connectivity index (χ1) is 15.6. The van der Waals surface area contributed by atoms with Crippen LogP contribution >= 0.6 is 0 Å². The molecule has 0 fully saturated rings. The molecule has 3 nitrogen and oxygen atoms in total. The Kier molecular flexibility index (Phi) is 9.56. The first-order valence-corrected chi connectivity index (χ1v) is 18.2. The fourth-order valence-electron chi connectivity index (χ4n) is 2.75. The summed E-state index contributed by atoms with van der Waals surface area (Å²) in [7, 11) is -3.48. The van der Waals surface area contributed by atoms with E-state index in [1.165, 1.54) is 11.1 Å². The number of hydrogen-bond acceptors (Lipinski definition) is 3. The molecule has 0 unspecified atom stereocenters. The van der Waals surface area contributed by atoms with Gasteiger partial charge in [-0.25, -0.2) is 0 Å². The molecule has 0 aliphatic heterocycles. The minimum Gasteiger partial charge on any atom is -0.496 e. The first kappa shape index (κ1) is 28.6. The lowest BCUT2D eigenvalue weighted by molar-refractivity contribution is 0.238. The average Bonchev–Trinajstić information content (AvgIpc) is 2.73. The van der Waals surface area contributed by atoms with E-state index in [0.29, 0.717) is 19.8 Å². The lowest BCUT2D eigenvalue weighted by Crippen LogP contribution is -2.40. The Morgan fingerprint density at radius 3 is 1.62 bits per heavy atom. The van der Waals surface area contributed by atoms with Gasteiger partial charge in [0, 0.05) is 0 Å². The zero-order valence-corrected chi connectivity index (χ0v) is 25.1. The third-order valence-corrected chi connectivity index (χ3v) is 16.3. The monoisotopic (exact) mass is 498 g/mol. The Labute approximate surface area is 210 Å². The molecule has 5 heteroatoms. The Balaban J connectivity index is 1.84. The van der Waals surface area contributed by atoms with Crippen molar-refractivity contribution in [2.45, 2.75) is 97.6 Å². The molecule has 0 radical (unpaired) electrons. The van der Waals surface area contributed by atoms with Crippen LogP contribution in [0.3, 0.4) is 0 Å². The van der Waals surface area contributed by atoms with Crippen LogP contribution in [0.5, 0.6) is 0 Å². The van der Waals surface area contributed by atoms with Gasteiger partial charge in [0.15, 0.2) is 16.6 Å². The van der Waals surface area contributed by atoms with Crippen LogP contribution in [-0.2, 0) is 33.4 Å². The summed E-state index contributed by atoms with van der Waals surface area (Å²) in [6.45, 7) is 24.7. The van der Waals surface area contributed by atoms with E-state index in [-0.39, 0.29) is 10.1 Å². The largest absolute Gasteiger partial charge is 0.496 e. The predicted octanol–water partition coefficient (Wildman–Crippen LogP) is 8.92. The third-order valence-electron chi connectivity index (χ3n) is 7.39. The predicted molar refractivity (Wildman–Crippen MR) is 151 cm³/mol. The minimum absolute atomic E-state index is 0.217. The highest BCUT2D eigenvalue weighted by Gasteiger charge is 2.37. The fourth-order valence-corrected chi connectivity index (χ4v) is 4.67. The molecule has 0 spiro atoms. The maximum absolute atomic E-state index is 6.36. The molecule has 0 aromatic heterocycles. The second-order valence-electron chi connectivity index (χ2n) is 12.3. The highest BCUT2D eigenvalue weighted by molar-refractivity contribution is 6.74. The molecule has 0 saturated heterocycles. The summed E-state index contributed by atoms with van der Waals surface area (Å²) >= 11 is 0. The van der Waals surface area contributed by atoms with Crippen LogP contribution in [0.4, 0.5) is 0 Å². The highest BCUT2D eigenvalue weighted by Crippen LogP contribution is 2.38. The van der Waals surface area contributed by atoms with Gasteiger partial charge in [-0.2, -0.15) is 0 Å². The van der Waals surface area contributed by atoms with Gasteiger partial charge in [-0.05, 0) is 70.7 Å². The zero-order valence-electron chi connectivity index (χ0n) is 23.1. The van der Waals surface area contributed by atoms with Gasteiger partial charge < -0.3 is 13.6 Å². The molecule has 34 heavy (non-hydrogen) atoms. The van der Waals surface area contributed by atoms with Gasteiger partial charge in [0.25, 0.3) is 0 Å². The fraction of sp³-hybridized carbons (Fsp3) is 0.517. The number of hydrogen-bond donors (Lipinski definition) is 0. The summed E-state index contributed by atoms with van der Waals surface area (Å²) in [5.41, 5.74) is 4.68. The van der Waals surface area contributed by atoms with Crippen molar-refractivity contribution in [3.8, 4) is 0 Å². The average molecular weight is 499 g/mol. The van der Waals surface area contributed by atoms with Gasteiger partial charge in [-0.1, -0.05) is 84.0 Å². The lowest BCUT2D eigenvalue weighted by atomic mass is 10.1. The van der Waals surface area contributed by atoms with E-state index in [4.69, 9.17) is 13.6 Å². The summed E-state index contributed by atoms with van der Waals surface area (Å²) in [4.78, 5) is 0. The molecule has 0 saturated carbocycles. The second-order valence-corrected chi connectivity index (χ2v) is 21.9. The van der Waals surface area contributed by atoms with Crippen molar-refractivity contribution >= 4 is 22.7 Å². The van der Waals surface area contributed by atoms with Crippen LogP contribution in [0.1, 0.15) is 63.8 Å². The van der Waals surface area contributed by atoms with E-state index in [1.807, 2.05) is 6.08 Å². The summed E-state index contributed by atoms with van der Waals surface area (Å²) in [5, 5.41) is 0.443. The van der Waals surface area contributed by atoms with E-state index in [9.17, 15) is 0 Å². The lowest BCUT2D eigenvalue weighted by Gasteiger charge is -2.36. The van der Waals surface area contributed by atoms with E-state index >= 15 is 0 Å². The van der Waals surface area contributed by atoms with Crippen LogP contribution in [0.15, 0.2) is 54.8 Å². The molecule has 0 aliphatic rings. The van der Waals surface area contributed by atoms with E-state index in [1.54, 1.807) is 6.26 Å². The van der Waals surface area contributed by atoms with Gasteiger partial charge in [-0.15, -0.1) is 0 Å². The quantitative estimate of drug-likeness (QED) is 0.242. The summed E-state index contributed by atoms with van der Waals surface area (Å²) < 4.78 is 18.5. The molecule has 0 amide bonds. The van der Waals surface area contributed by atoms with Crippen LogP contribution < -0.4 is 0 Å². The van der Waals surface area contributed by atoms with E-state index < -0.39 is 16.6 Å². The smallest absolute Gasteiger partial charge is 0.192 e. The van der Waals surface area contributed by atoms with Gasteiger partial charge in [0.1, 0.15) is 6.61 Å². The maximum atomic E-state index is 6.36. The maximum Gasteiger partial charge on any atom is 0.192 e. The number of benzene rings is 2. The van der Waals surface area contributed by atoms with Crippen LogP contribution in [0.2, 0.25) is 36.3 Å². The molecule has 0 aliphatic carbocycles. The van der Waals surface area contributed by atoms with Gasteiger partial charge in [-0.3, -0.25) is 0 Å². The third kappa shape index (κ3) is 8.52. The van der Waals surface area contributed by atoms with E-state index in [2.05, 4.69) is 116 Å². The molecule has 0 atom stereocenters. The zero-order chi connectivity index (χ0) is 25.6. The molecule has 2 rings (SSSR count). The summed E-state index contributed by atoms with van der Waals surface area (Å²) in [6.07, 6.45) is 3.79. The van der Waals surface area contributed by atoms with Gasteiger partial charge in [0.05, 0.1) is 19.5 Å². The Bertz CT molecular complexity index is 933.